The number of aromatic nitrogens is 4. The highest BCUT2D eigenvalue weighted by atomic mass is 16.2. The number of carbonyl (C=O) groups is 2. The van der Waals surface area contributed by atoms with Crippen LogP contribution in [0.2, 0.25) is 0 Å². The number of nitrogens with one attached hydrogen (secondary N) is 3. The number of fused-ring (bicyclic) bond motifs is 1. The van der Waals surface area contributed by atoms with Gasteiger partial charge in [0, 0.05) is 36.7 Å². The number of H-pyrrole nitrogens is 1. The van der Waals surface area contributed by atoms with Crippen LogP contribution < -0.4 is 10.6 Å². The van der Waals surface area contributed by atoms with Gasteiger partial charge in [-0.2, -0.15) is 10.2 Å². The van der Waals surface area contributed by atoms with Crippen molar-refractivity contribution in [3.8, 4) is 0 Å². The lowest BCUT2D eigenvalue weighted by Gasteiger charge is -2.15. The average Bonchev–Trinajstić information content (AvgIpc) is 3.15. The van der Waals surface area contributed by atoms with E-state index in [1.54, 1.807) is 0 Å². The smallest absolute Gasteiger partial charge is 0.272 e. The highest BCUT2D eigenvalue weighted by Crippen LogP contribution is 2.20. The molecule has 0 fully saturated rings. The minimum atomic E-state index is -0.299. The average molecular weight is 368 g/mol. The summed E-state index contributed by atoms with van der Waals surface area (Å²) in [6.45, 7) is 6.08. The highest BCUT2D eigenvalue weighted by molar-refractivity contribution is 6.04. The SMILES string of the molecule is Cc1nn(C)c(C)c1C(C)NC(=O)CCNC(=O)c1n[nH]c2ccccc12. The number of amides is 2. The number of benzene rings is 1. The molecular weight excluding hydrogens is 344 g/mol. The number of hydrogen-bond donors (Lipinski definition) is 3. The minimum absolute atomic E-state index is 0.127. The molecule has 0 saturated heterocycles. The van der Waals surface area contributed by atoms with Gasteiger partial charge in [-0.25, -0.2) is 0 Å². The fourth-order valence-corrected chi connectivity index (χ4v) is 3.31. The van der Waals surface area contributed by atoms with E-state index >= 15 is 0 Å². The molecule has 2 heterocycles. The maximum Gasteiger partial charge on any atom is 0.272 e. The Bertz CT molecular complexity index is 987. The van der Waals surface area contributed by atoms with Crippen molar-refractivity contribution in [1.82, 2.24) is 30.6 Å². The van der Waals surface area contributed by atoms with Crippen molar-refractivity contribution in [3.63, 3.8) is 0 Å². The summed E-state index contributed by atoms with van der Waals surface area (Å²) in [5.41, 5.74) is 4.09. The van der Waals surface area contributed by atoms with Crippen LogP contribution in [0.25, 0.3) is 10.9 Å². The van der Waals surface area contributed by atoms with Gasteiger partial charge in [0.25, 0.3) is 5.91 Å². The third-order valence-corrected chi connectivity index (χ3v) is 4.70. The van der Waals surface area contributed by atoms with Crippen LogP contribution in [0.5, 0.6) is 0 Å². The Balaban J connectivity index is 1.53. The van der Waals surface area contributed by atoms with E-state index in [-0.39, 0.29) is 30.8 Å². The minimum Gasteiger partial charge on any atom is -0.350 e. The van der Waals surface area contributed by atoms with Crippen LogP contribution in [0, 0.1) is 13.8 Å². The van der Waals surface area contributed by atoms with Crippen molar-refractivity contribution in [1.29, 1.82) is 0 Å². The lowest BCUT2D eigenvalue weighted by Crippen LogP contribution is -2.32. The maximum absolute atomic E-state index is 12.3. The monoisotopic (exact) mass is 368 g/mol. The molecule has 142 valence electrons. The quantitative estimate of drug-likeness (QED) is 0.618. The summed E-state index contributed by atoms with van der Waals surface area (Å²) in [5.74, 6) is -0.426. The van der Waals surface area contributed by atoms with E-state index in [4.69, 9.17) is 0 Å². The first-order valence-corrected chi connectivity index (χ1v) is 8.89. The number of carbonyl (C=O) groups excluding carboxylic acids is 2. The zero-order valence-electron chi connectivity index (χ0n) is 16.0. The maximum atomic E-state index is 12.3. The largest absolute Gasteiger partial charge is 0.350 e. The van der Waals surface area contributed by atoms with Gasteiger partial charge in [-0.05, 0) is 26.8 Å². The van der Waals surface area contributed by atoms with E-state index in [1.165, 1.54) is 0 Å². The molecule has 0 spiro atoms. The van der Waals surface area contributed by atoms with E-state index in [9.17, 15) is 9.59 Å². The molecule has 8 heteroatoms. The molecule has 3 rings (SSSR count). The summed E-state index contributed by atoms with van der Waals surface area (Å²) in [5, 5.41) is 17.7. The van der Waals surface area contributed by atoms with E-state index in [2.05, 4.69) is 25.9 Å². The lowest BCUT2D eigenvalue weighted by atomic mass is 10.1. The first-order chi connectivity index (χ1) is 12.9. The van der Waals surface area contributed by atoms with Crippen molar-refractivity contribution in [2.45, 2.75) is 33.2 Å². The molecule has 1 unspecified atom stereocenters. The second kappa shape index (κ2) is 7.61. The molecule has 1 aromatic carbocycles. The van der Waals surface area contributed by atoms with Gasteiger partial charge in [-0.15, -0.1) is 0 Å². The van der Waals surface area contributed by atoms with Crippen molar-refractivity contribution in [2.75, 3.05) is 6.54 Å². The van der Waals surface area contributed by atoms with Gasteiger partial charge in [0.15, 0.2) is 5.69 Å². The van der Waals surface area contributed by atoms with Crippen molar-refractivity contribution >= 4 is 22.7 Å². The first-order valence-electron chi connectivity index (χ1n) is 8.89. The molecule has 2 amide bonds. The summed E-state index contributed by atoms with van der Waals surface area (Å²) >= 11 is 0. The van der Waals surface area contributed by atoms with Crippen molar-refractivity contribution in [2.24, 2.45) is 7.05 Å². The van der Waals surface area contributed by atoms with Gasteiger partial charge in [0.05, 0.1) is 17.3 Å². The van der Waals surface area contributed by atoms with Gasteiger partial charge in [0.1, 0.15) is 0 Å². The Morgan fingerprint density at radius 3 is 2.70 bits per heavy atom. The van der Waals surface area contributed by atoms with Crippen LogP contribution in [-0.4, -0.2) is 38.3 Å². The third-order valence-electron chi connectivity index (χ3n) is 4.70. The van der Waals surface area contributed by atoms with Gasteiger partial charge < -0.3 is 10.6 Å². The summed E-state index contributed by atoms with van der Waals surface area (Å²) in [6, 6.07) is 7.28. The van der Waals surface area contributed by atoms with E-state index < -0.39 is 0 Å². The molecule has 27 heavy (non-hydrogen) atoms. The van der Waals surface area contributed by atoms with Gasteiger partial charge in [-0.1, -0.05) is 18.2 Å². The molecule has 3 N–H and O–H groups in total. The number of aromatic amines is 1. The number of hydrogen-bond acceptors (Lipinski definition) is 4. The Morgan fingerprint density at radius 1 is 1.26 bits per heavy atom. The summed E-state index contributed by atoms with van der Waals surface area (Å²) in [6.07, 6.45) is 0.191. The third kappa shape index (κ3) is 3.84. The zero-order valence-corrected chi connectivity index (χ0v) is 16.0. The number of aryl methyl sites for hydroxylation is 2. The Hall–Kier alpha value is -3.16. The van der Waals surface area contributed by atoms with Crippen molar-refractivity contribution in [3.05, 3.63) is 46.9 Å². The van der Waals surface area contributed by atoms with Crippen LogP contribution in [0.4, 0.5) is 0 Å². The van der Waals surface area contributed by atoms with E-state index in [0.29, 0.717) is 5.69 Å². The van der Waals surface area contributed by atoms with Crippen molar-refractivity contribution < 1.29 is 9.59 Å². The molecule has 0 aliphatic carbocycles. The second-order valence-corrected chi connectivity index (χ2v) is 6.62. The summed E-state index contributed by atoms with van der Waals surface area (Å²) < 4.78 is 1.81. The topological polar surface area (TPSA) is 105 Å². The number of para-hydroxylation sites is 1. The van der Waals surface area contributed by atoms with E-state index in [0.717, 1.165) is 27.9 Å². The predicted octanol–water partition coefficient (Wildman–Crippen LogP) is 1.91. The highest BCUT2D eigenvalue weighted by Gasteiger charge is 2.18. The van der Waals surface area contributed by atoms with Crippen LogP contribution >= 0.6 is 0 Å². The number of rotatable bonds is 6. The van der Waals surface area contributed by atoms with Crippen LogP contribution in [0.3, 0.4) is 0 Å². The summed E-state index contributed by atoms with van der Waals surface area (Å²) in [7, 11) is 1.88. The molecule has 0 bridgehead atoms. The van der Waals surface area contributed by atoms with Crippen LogP contribution in [0.1, 0.15) is 46.8 Å². The van der Waals surface area contributed by atoms with Crippen LogP contribution in [0.15, 0.2) is 24.3 Å². The second-order valence-electron chi connectivity index (χ2n) is 6.62. The molecule has 8 nitrogen and oxygen atoms in total. The molecule has 0 aliphatic rings. The fraction of sp³-hybridized carbons (Fsp3) is 0.368. The predicted molar refractivity (Wildman–Crippen MR) is 102 cm³/mol. The zero-order chi connectivity index (χ0) is 19.6. The Kier molecular flexibility index (Phi) is 5.25. The Labute approximate surface area is 157 Å². The molecule has 0 radical (unpaired) electrons. The van der Waals surface area contributed by atoms with Crippen LogP contribution in [-0.2, 0) is 11.8 Å². The Morgan fingerprint density at radius 2 is 2.00 bits per heavy atom. The van der Waals surface area contributed by atoms with Gasteiger partial charge in [0.2, 0.25) is 5.91 Å². The molecule has 0 aliphatic heterocycles. The van der Waals surface area contributed by atoms with E-state index in [1.807, 2.05) is 56.8 Å². The molecule has 3 aromatic rings. The number of nitrogens with zero attached hydrogens (tertiary/aromatic N) is 3. The normalized spacial score (nSPS) is 12.1. The molecule has 0 saturated carbocycles. The van der Waals surface area contributed by atoms with Gasteiger partial charge in [-0.3, -0.25) is 19.4 Å². The molecule has 1 atom stereocenters. The molecule has 2 aromatic heterocycles. The summed E-state index contributed by atoms with van der Waals surface area (Å²) in [4.78, 5) is 24.5. The standard InChI is InChI=1S/C19H24N6O2/c1-11(17-12(2)24-25(4)13(17)3)21-16(26)9-10-20-19(27)18-14-7-5-6-8-15(14)22-23-18/h5-8,11H,9-10H2,1-4H3,(H,20,27)(H,21,26)(H,22,23). The fourth-order valence-electron chi connectivity index (χ4n) is 3.31. The van der Waals surface area contributed by atoms with Gasteiger partial charge >= 0.3 is 0 Å². The first kappa shape index (κ1) is 18.6. The lowest BCUT2D eigenvalue weighted by molar-refractivity contribution is -0.121. The molecular formula is C19H24N6O2.